The molecule has 2 rings (SSSR count). The van der Waals surface area contributed by atoms with Crippen LogP contribution in [0.3, 0.4) is 0 Å². The number of urea groups is 1. The molecule has 7 nitrogen and oxygen atoms in total. The molecule has 0 aromatic rings. The summed E-state index contributed by atoms with van der Waals surface area (Å²) in [4.78, 5) is 35.8. The fourth-order valence-corrected chi connectivity index (χ4v) is 2.30. The molecule has 0 spiro atoms. The zero-order valence-electron chi connectivity index (χ0n) is 9.31. The van der Waals surface area contributed by atoms with Gasteiger partial charge in [-0.15, -0.1) is 0 Å². The summed E-state index contributed by atoms with van der Waals surface area (Å²) in [5, 5.41) is 13.4. The van der Waals surface area contributed by atoms with E-state index in [1.807, 2.05) is 0 Å². The molecule has 94 valence electrons. The second-order valence-corrected chi connectivity index (χ2v) is 4.39. The summed E-state index contributed by atoms with van der Waals surface area (Å²) < 4.78 is 0. The molecular weight excluding hydrogens is 226 g/mol. The summed E-state index contributed by atoms with van der Waals surface area (Å²) in [5.74, 6) is -2.39. The van der Waals surface area contributed by atoms with E-state index in [0.717, 1.165) is 25.9 Å². The van der Waals surface area contributed by atoms with Gasteiger partial charge in [0.15, 0.2) is 0 Å². The third-order valence-corrected chi connectivity index (χ3v) is 3.18. The van der Waals surface area contributed by atoms with Crippen LogP contribution in [0.1, 0.15) is 12.8 Å². The molecule has 2 saturated heterocycles. The van der Waals surface area contributed by atoms with Gasteiger partial charge in [0.1, 0.15) is 6.04 Å². The van der Waals surface area contributed by atoms with E-state index in [4.69, 9.17) is 5.11 Å². The first-order chi connectivity index (χ1) is 8.08. The van der Waals surface area contributed by atoms with Crippen molar-refractivity contribution in [2.24, 2.45) is 5.92 Å². The number of aliphatic carboxylic acids is 1. The Morgan fingerprint density at radius 1 is 1.35 bits per heavy atom. The van der Waals surface area contributed by atoms with Gasteiger partial charge in [-0.1, -0.05) is 0 Å². The van der Waals surface area contributed by atoms with E-state index in [1.54, 1.807) is 0 Å². The average molecular weight is 241 g/mol. The van der Waals surface area contributed by atoms with Gasteiger partial charge < -0.3 is 15.3 Å². The Hall–Kier alpha value is -1.63. The maximum atomic E-state index is 11.6. The first kappa shape index (κ1) is 11.8. The molecule has 0 bridgehead atoms. The van der Waals surface area contributed by atoms with Crippen LogP contribution in [-0.2, 0) is 9.59 Å². The molecule has 2 heterocycles. The molecule has 3 N–H and O–H groups in total. The molecule has 0 aromatic heterocycles. The minimum atomic E-state index is -1.17. The standard InChI is InChI=1S/C10H15N3O4/c14-8-6(5-13-3-1-2-4-13)7(9(15)16)11-10(17)12-8/h6-7H,1-5H2,(H,15,16)(H2,11,12,14,17). The Kier molecular flexibility index (Phi) is 3.28. The number of amides is 3. The molecule has 2 fully saturated rings. The second kappa shape index (κ2) is 4.70. The number of carbonyl (C=O) groups is 3. The topological polar surface area (TPSA) is 98.7 Å². The van der Waals surface area contributed by atoms with E-state index >= 15 is 0 Å². The van der Waals surface area contributed by atoms with Gasteiger partial charge in [-0.05, 0) is 25.9 Å². The highest BCUT2D eigenvalue weighted by atomic mass is 16.4. The van der Waals surface area contributed by atoms with Gasteiger partial charge in [0.2, 0.25) is 5.91 Å². The van der Waals surface area contributed by atoms with Crippen LogP contribution in [0.4, 0.5) is 4.79 Å². The SMILES string of the molecule is O=C1NC(=O)C(CN2CCCC2)C(C(=O)O)N1. The molecule has 0 radical (unpaired) electrons. The Balaban J connectivity index is 2.06. The number of hydrogen-bond donors (Lipinski definition) is 3. The fraction of sp³-hybridized carbons (Fsp3) is 0.700. The van der Waals surface area contributed by atoms with Gasteiger partial charge in [0.25, 0.3) is 0 Å². The minimum Gasteiger partial charge on any atom is -0.480 e. The maximum absolute atomic E-state index is 11.6. The summed E-state index contributed by atoms with van der Waals surface area (Å²) >= 11 is 0. The number of carboxylic acids is 1. The predicted octanol–water partition coefficient (Wildman–Crippen LogP) is -1.01. The molecule has 7 heteroatoms. The van der Waals surface area contributed by atoms with Crippen LogP contribution >= 0.6 is 0 Å². The van der Waals surface area contributed by atoms with Crippen LogP contribution in [0.15, 0.2) is 0 Å². The largest absolute Gasteiger partial charge is 0.480 e. The van der Waals surface area contributed by atoms with Crippen molar-refractivity contribution in [1.29, 1.82) is 0 Å². The zero-order valence-corrected chi connectivity index (χ0v) is 9.31. The Bertz CT molecular complexity index is 351. The lowest BCUT2D eigenvalue weighted by Gasteiger charge is -2.31. The molecule has 2 aliphatic heterocycles. The van der Waals surface area contributed by atoms with E-state index < -0.39 is 29.9 Å². The van der Waals surface area contributed by atoms with Crippen molar-refractivity contribution < 1.29 is 19.5 Å². The number of hydrogen-bond acceptors (Lipinski definition) is 4. The van der Waals surface area contributed by atoms with Gasteiger partial charge in [-0.3, -0.25) is 10.1 Å². The van der Waals surface area contributed by atoms with Gasteiger partial charge >= 0.3 is 12.0 Å². The van der Waals surface area contributed by atoms with Crippen molar-refractivity contribution in [3.63, 3.8) is 0 Å². The lowest BCUT2D eigenvalue weighted by molar-refractivity contribution is -0.145. The number of carboxylic acid groups (broad SMARTS) is 1. The van der Waals surface area contributed by atoms with Crippen molar-refractivity contribution >= 4 is 17.9 Å². The first-order valence-corrected chi connectivity index (χ1v) is 5.64. The highest BCUT2D eigenvalue weighted by Crippen LogP contribution is 2.15. The Labute approximate surface area is 98.2 Å². The first-order valence-electron chi connectivity index (χ1n) is 5.64. The van der Waals surface area contributed by atoms with Crippen LogP contribution in [-0.4, -0.2) is 53.6 Å². The van der Waals surface area contributed by atoms with Crippen LogP contribution < -0.4 is 10.6 Å². The van der Waals surface area contributed by atoms with E-state index in [2.05, 4.69) is 15.5 Å². The Morgan fingerprint density at radius 2 is 2.00 bits per heavy atom. The molecule has 0 aliphatic carbocycles. The molecule has 2 aliphatic rings. The van der Waals surface area contributed by atoms with Crippen LogP contribution in [0.2, 0.25) is 0 Å². The normalized spacial score (nSPS) is 29.9. The second-order valence-electron chi connectivity index (χ2n) is 4.39. The number of carbonyl (C=O) groups excluding carboxylic acids is 2. The molecule has 3 amide bonds. The third kappa shape index (κ3) is 2.55. The summed E-state index contributed by atoms with van der Waals surface area (Å²) in [6.07, 6.45) is 2.14. The minimum absolute atomic E-state index is 0.378. The number of nitrogens with one attached hydrogen (secondary N) is 2. The molecule has 0 saturated carbocycles. The van der Waals surface area contributed by atoms with Crippen molar-refractivity contribution in [3.8, 4) is 0 Å². The highest BCUT2D eigenvalue weighted by molar-refractivity contribution is 6.02. The summed E-state index contributed by atoms with van der Waals surface area (Å²) in [7, 11) is 0. The van der Waals surface area contributed by atoms with E-state index in [-0.39, 0.29) is 0 Å². The Morgan fingerprint density at radius 3 is 2.59 bits per heavy atom. The monoisotopic (exact) mass is 241 g/mol. The van der Waals surface area contributed by atoms with Gasteiger partial charge in [-0.25, -0.2) is 9.59 Å². The molecular formula is C10H15N3O4. The maximum Gasteiger partial charge on any atom is 0.327 e. The third-order valence-electron chi connectivity index (χ3n) is 3.18. The molecule has 0 aromatic carbocycles. The molecule has 2 unspecified atom stereocenters. The zero-order chi connectivity index (χ0) is 12.4. The van der Waals surface area contributed by atoms with E-state index in [9.17, 15) is 14.4 Å². The van der Waals surface area contributed by atoms with Crippen molar-refractivity contribution in [1.82, 2.24) is 15.5 Å². The summed E-state index contributed by atoms with van der Waals surface area (Å²) in [6, 6.07) is -1.86. The van der Waals surface area contributed by atoms with Gasteiger partial charge in [0.05, 0.1) is 5.92 Å². The van der Waals surface area contributed by atoms with Crippen molar-refractivity contribution in [2.45, 2.75) is 18.9 Å². The van der Waals surface area contributed by atoms with Crippen molar-refractivity contribution in [2.75, 3.05) is 19.6 Å². The number of likely N-dealkylation sites (tertiary alicyclic amines) is 1. The van der Waals surface area contributed by atoms with E-state index in [0.29, 0.717) is 6.54 Å². The quantitative estimate of drug-likeness (QED) is 0.588. The fourth-order valence-electron chi connectivity index (χ4n) is 2.30. The van der Waals surface area contributed by atoms with Crippen LogP contribution in [0.25, 0.3) is 0 Å². The van der Waals surface area contributed by atoms with E-state index in [1.165, 1.54) is 0 Å². The number of nitrogens with zero attached hydrogens (tertiary/aromatic N) is 1. The highest BCUT2D eigenvalue weighted by Gasteiger charge is 2.40. The van der Waals surface area contributed by atoms with Gasteiger partial charge in [-0.2, -0.15) is 0 Å². The van der Waals surface area contributed by atoms with Crippen molar-refractivity contribution in [3.05, 3.63) is 0 Å². The molecule has 17 heavy (non-hydrogen) atoms. The predicted molar refractivity (Wildman–Crippen MR) is 57.3 cm³/mol. The average Bonchev–Trinajstić information content (AvgIpc) is 2.74. The summed E-state index contributed by atoms with van der Waals surface area (Å²) in [5.41, 5.74) is 0. The van der Waals surface area contributed by atoms with Gasteiger partial charge in [0, 0.05) is 6.54 Å². The van der Waals surface area contributed by atoms with Crippen LogP contribution in [0.5, 0.6) is 0 Å². The molecule has 2 atom stereocenters. The number of imide groups is 1. The smallest absolute Gasteiger partial charge is 0.327 e. The lowest BCUT2D eigenvalue weighted by Crippen LogP contribution is -2.63. The summed E-state index contributed by atoms with van der Waals surface area (Å²) in [6.45, 7) is 2.14. The lowest BCUT2D eigenvalue weighted by atomic mass is 9.96. The number of rotatable bonds is 3. The van der Waals surface area contributed by atoms with Crippen LogP contribution in [0, 0.1) is 5.92 Å².